The fourth-order valence-electron chi connectivity index (χ4n) is 6.63. The summed E-state index contributed by atoms with van der Waals surface area (Å²) in [4.78, 5) is 53.8. The van der Waals surface area contributed by atoms with Crippen molar-refractivity contribution >= 4 is 34.6 Å². The second-order valence-corrected chi connectivity index (χ2v) is 11.3. The lowest BCUT2D eigenvalue weighted by Crippen LogP contribution is -2.65. The summed E-state index contributed by atoms with van der Waals surface area (Å²) in [6, 6.07) is 7.07. The van der Waals surface area contributed by atoms with Crippen molar-refractivity contribution in [3.05, 3.63) is 68.5 Å². The third kappa shape index (κ3) is 3.88. The van der Waals surface area contributed by atoms with Gasteiger partial charge in [-0.1, -0.05) is 12.1 Å². The molecule has 13 nitrogen and oxygen atoms in total. The lowest BCUT2D eigenvalue weighted by molar-refractivity contribution is -0.385. The number of carbonyl (C=O) groups is 3. The number of carbonyl (C=O) groups excluding carboxylic acids is 3. The molecule has 42 heavy (non-hydrogen) atoms. The molecule has 0 bridgehead atoms. The van der Waals surface area contributed by atoms with Gasteiger partial charge in [0.25, 0.3) is 5.91 Å². The quantitative estimate of drug-likeness (QED) is 0.196. The van der Waals surface area contributed by atoms with Gasteiger partial charge in [-0.2, -0.15) is 0 Å². The summed E-state index contributed by atoms with van der Waals surface area (Å²) in [5, 5.41) is 57.1. The number of phenols is 1. The van der Waals surface area contributed by atoms with E-state index in [1.165, 1.54) is 25.1 Å². The number of hydrogen-bond donors (Lipinski definition) is 5. The SMILES string of the molecule is CN(C)c1ccc(-c2cc([N+](=O)[O-])c(O)c3c2C[C@H]2C[C@H]4[C@H](N(C)C)C(=O)C(C(N)=O)=C(O)[C@]4(O)C(=O)C2=C3O)cc1. The molecule has 0 radical (unpaired) electrons. The first kappa shape index (κ1) is 28.8. The first-order valence-electron chi connectivity index (χ1n) is 13.1. The molecule has 2 aromatic carbocycles. The molecule has 220 valence electrons. The zero-order valence-electron chi connectivity index (χ0n) is 23.3. The van der Waals surface area contributed by atoms with Crippen LogP contribution in [0.4, 0.5) is 11.4 Å². The Kier molecular flexibility index (Phi) is 6.62. The maximum Gasteiger partial charge on any atom is 0.312 e. The Morgan fingerprint density at radius 2 is 1.71 bits per heavy atom. The summed E-state index contributed by atoms with van der Waals surface area (Å²) in [6.07, 6.45) is -0.0899. The molecular formula is C29H30N4O9. The zero-order chi connectivity index (χ0) is 31.0. The van der Waals surface area contributed by atoms with Crippen LogP contribution in [0.1, 0.15) is 17.5 Å². The van der Waals surface area contributed by atoms with Crippen molar-refractivity contribution in [3.8, 4) is 16.9 Å². The maximum absolute atomic E-state index is 14.0. The van der Waals surface area contributed by atoms with Gasteiger partial charge in [0.2, 0.25) is 11.5 Å². The third-order valence-corrected chi connectivity index (χ3v) is 8.59. The molecule has 2 aromatic rings. The van der Waals surface area contributed by atoms with Crippen LogP contribution < -0.4 is 10.6 Å². The average Bonchev–Trinajstić information content (AvgIpc) is 2.90. The van der Waals surface area contributed by atoms with Gasteiger partial charge in [0, 0.05) is 37.3 Å². The molecule has 13 heteroatoms. The number of nitro benzene ring substituents is 1. The number of Topliss-reactive ketones (excluding diaryl/α,β-unsaturated/α-hetero) is 2. The number of phenolic OH excluding ortho intramolecular Hbond substituents is 1. The third-order valence-electron chi connectivity index (χ3n) is 8.59. The Labute approximate surface area is 239 Å². The monoisotopic (exact) mass is 578 g/mol. The van der Waals surface area contributed by atoms with Gasteiger partial charge in [-0.15, -0.1) is 0 Å². The molecule has 4 atom stereocenters. The van der Waals surface area contributed by atoms with Crippen LogP contribution in [0.3, 0.4) is 0 Å². The van der Waals surface area contributed by atoms with E-state index >= 15 is 0 Å². The van der Waals surface area contributed by atoms with Crippen LogP contribution in [0.5, 0.6) is 5.75 Å². The number of nitro groups is 1. The first-order chi connectivity index (χ1) is 19.6. The molecule has 3 aliphatic carbocycles. The number of anilines is 1. The standard InChI is InChI=1S/C29H30N4O9/c1-31(2)14-7-5-12(6-8-14)15-11-18(33(41)42)23(34)20-16(15)9-13-10-17-22(32(3)4)25(36)21(28(30)39)27(38)29(17,40)26(37)19(13)24(20)35/h5-8,11,13,17,22,34-35,38,40H,9-10H2,1-4H3,(H2,30,39)/t13-,17-,22-,29+/m0/s1. The van der Waals surface area contributed by atoms with Gasteiger partial charge in [0.1, 0.15) is 17.1 Å². The predicted octanol–water partition coefficient (Wildman–Crippen LogP) is 1.61. The second kappa shape index (κ2) is 9.67. The van der Waals surface area contributed by atoms with Crippen LogP contribution in [-0.4, -0.2) is 87.6 Å². The smallest absolute Gasteiger partial charge is 0.312 e. The Hall–Kier alpha value is -4.75. The Bertz CT molecular complexity index is 1640. The molecule has 0 unspecified atom stereocenters. The lowest BCUT2D eigenvalue weighted by Gasteiger charge is -2.50. The summed E-state index contributed by atoms with van der Waals surface area (Å²) in [5.41, 5.74) is 2.30. The van der Waals surface area contributed by atoms with E-state index in [2.05, 4.69) is 0 Å². The van der Waals surface area contributed by atoms with E-state index in [-0.39, 0.29) is 24.0 Å². The molecule has 6 N–H and O–H groups in total. The van der Waals surface area contributed by atoms with Gasteiger partial charge < -0.3 is 31.1 Å². The topological polar surface area (TPSA) is 208 Å². The number of nitrogens with zero attached hydrogens (tertiary/aromatic N) is 3. The second-order valence-electron chi connectivity index (χ2n) is 11.3. The van der Waals surface area contributed by atoms with E-state index in [1.807, 2.05) is 19.0 Å². The lowest BCUT2D eigenvalue weighted by atomic mass is 9.57. The summed E-state index contributed by atoms with van der Waals surface area (Å²) in [5.74, 6) is -8.28. The molecule has 0 heterocycles. The summed E-state index contributed by atoms with van der Waals surface area (Å²) < 4.78 is 0. The summed E-state index contributed by atoms with van der Waals surface area (Å²) in [7, 11) is 6.73. The van der Waals surface area contributed by atoms with Crippen molar-refractivity contribution in [2.45, 2.75) is 24.5 Å². The van der Waals surface area contributed by atoms with E-state index in [0.717, 1.165) is 5.69 Å². The molecular weight excluding hydrogens is 548 g/mol. The average molecular weight is 579 g/mol. The van der Waals surface area contributed by atoms with Crippen molar-refractivity contribution in [1.29, 1.82) is 0 Å². The van der Waals surface area contributed by atoms with E-state index in [0.29, 0.717) is 16.7 Å². The highest BCUT2D eigenvalue weighted by molar-refractivity contribution is 6.24. The van der Waals surface area contributed by atoms with Gasteiger partial charge in [-0.3, -0.25) is 29.4 Å². The molecule has 0 aromatic heterocycles. The fraction of sp³-hybridized carbons (Fsp3) is 0.345. The Morgan fingerprint density at radius 1 is 1.10 bits per heavy atom. The molecule has 3 aliphatic rings. The molecule has 0 aliphatic heterocycles. The minimum absolute atomic E-state index is 0.00482. The molecule has 0 saturated heterocycles. The van der Waals surface area contributed by atoms with Gasteiger partial charge >= 0.3 is 5.69 Å². The number of primary amides is 1. The minimum Gasteiger partial charge on any atom is -0.508 e. The molecule has 0 spiro atoms. The number of hydrogen-bond acceptors (Lipinski definition) is 11. The van der Waals surface area contributed by atoms with Gasteiger partial charge in [0.15, 0.2) is 11.4 Å². The fourth-order valence-corrected chi connectivity index (χ4v) is 6.63. The number of nitrogens with two attached hydrogens (primary N) is 1. The van der Waals surface area contributed by atoms with Crippen LogP contribution in [0.15, 0.2) is 47.2 Å². The Balaban J connectivity index is 1.77. The number of ketones is 2. The number of amides is 1. The number of likely N-dealkylation sites (N-methyl/N-ethyl adjacent to an activating group) is 1. The van der Waals surface area contributed by atoms with Crippen molar-refractivity contribution in [1.82, 2.24) is 4.90 Å². The Morgan fingerprint density at radius 3 is 2.24 bits per heavy atom. The molecule has 1 amide bonds. The maximum atomic E-state index is 14.0. The predicted molar refractivity (Wildman–Crippen MR) is 151 cm³/mol. The van der Waals surface area contributed by atoms with E-state index in [9.17, 15) is 44.9 Å². The van der Waals surface area contributed by atoms with Crippen LogP contribution in [0.2, 0.25) is 0 Å². The molecule has 1 fully saturated rings. The highest BCUT2D eigenvalue weighted by atomic mass is 16.6. The van der Waals surface area contributed by atoms with E-state index < -0.39 is 74.4 Å². The highest BCUT2D eigenvalue weighted by Crippen LogP contribution is 2.54. The largest absolute Gasteiger partial charge is 0.508 e. The van der Waals surface area contributed by atoms with Crippen LogP contribution in [-0.2, 0) is 20.8 Å². The number of benzene rings is 2. The molecule has 5 rings (SSSR count). The summed E-state index contributed by atoms with van der Waals surface area (Å²) >= 11 is 0. The van der Waals surface area contributed by atoms with Crippen molar-refractivity contribution in [2.75, 3.05) is 33.1 Å². The van der Waals surface area contributed by atoms with Crippen molar-refractivity contribution in [2.24, 2.45) is 17.6 Å². The number of aliphatic hydroxyl groups excluding tert-OH is 2. The highest BCUT2D eigenvalue weighted by Gasteiger charge is 2.64. The van der Waals surface area contributed by atoms with E-state index in [1.54, 1.807) is 24.3 Å². The van der Waals surface area contributed by atoms with Crippen LogP contribution in [0, 0.1) is 22.0 Å². The number of aliphatic hydroxyl groups is 3. The van der Waals surface area contributed by atoms with Gasteiger partial charge in [0.05, 0.1) is 16.5 Å². The van der Waals surface area contributed by atoms with Crippen LogP contribution in [0.25, 0.3) is 16.9 Å². The molecule has 1 saturated carbocycles. The summed E-state index contributed by atoms with van der Waals surface area (Å²) in [6.45, 7) is 0. The van der Waals surface area contributed by atoms with Gasteiger partial charge in [-0.25, -0.2) is 0 Å². The van der Waals surface area contributed by atoms with E-state index in [4.69, 9.17) is 5.73 Å². The number of rotatable bonds is 5. The first-order valence-corrected chi connectivity index (χ1v) is 13.1. The number of fused-ring (bicyclic) bond motifs is 3. The number of aromatic hydroxyl groups is 1. The van der Waals surface area contributed by atoms with Crippen molar-refractivity contribution in [3.63, 3.8) is 0 Å². The van der Waals surface area contributed by atoms with Crippen LogP contribution >= 0.6 is 0 Å². The van der Waals surface area contributed by atoms with Gasteiger partial charge in [-0.05, 0) is 61.7 Å². The minimum atomic E-state index is -2.80. The van der Waals surface area contributed by atoms with Crippen molar-refractivity contribution < 1.29 is 39.7 Å². The zero-order valence-corrected chi connectivity index (χ0v) is 23.3. The normalized spacial score (nSPS) is 25.2.